The number of benzene rings is 1. The summed E-state index contributed by atoms with van der Waals surface area (Å²) in [5.41, 5.74) is -0.956. The molecule has 0 aliphatic heterocycles. The molecule has 1 unspecified atom stereocenters. The first-order valence-electron chi connectivity index (χ1n) is 5.96. The smallest absolute Gasteiger partial charge is 0.394 e. The van der Waals surface area contributed by atoms with Crippen molar-refractivity contribution in [3.05, 3.63) is 35.1 Å². The number of aliphatic hydroxyl groups is 1. The quantitative estimate of drug-likeness (QED) is 0.812. The van der Waals surface area contributed by atoms with Gasteiger partial charge in [0, 0.05) is 0 Å². The summed E-state index contributed by atoms with van der Waals surface area (Å²) in [5, 5.41) is 12.1. The molecule has 6 heteroatoms. The number of halogens is 4. The van der Waals surface area contributed by atoms with Crippen LogP contribution in [-0.4, -0.2) is 18.3 Å². The average Bonchev–Trinajstić information content (AvgIpc) is 2.27. The van der Waals surface area contributed by atoms with Crippen LogP contribution in [0, 0.1) is 11.7 Å². The van der Waals surface area contributed by atoms with Gasteiger partial charge in [-0.3, -0.25) is 0 Å². The van der Waals surface area contributed by atoms with E-state index in [0.29, 0.717) is 12.6 Å². The van der Waals surface area contributed by atoms with Crippen LogP contribution in [0.15, 0.2) is 18.2 Å². The van der Waals surface area contributed by atoms with Crippen LogP contribution in [0.25, 0.3) is 0 Å². The Kier molecular flexibility index (Phi) is 5.31. The van der Waals surface area contributed by atoms with E-state index in [9.17, 15) is 22.7 Å². The van der Waals surface area contributed by atoms with Crippen LogP contribution in [0.2, 0.25) is 0 Å². The SMILES string of the molecule is CC(C)CNC(CO)c1cc(F)cc(C(F)(F)F)c1. The van der Waals surface area contributed by atoms with E-state index in [1.807, 2.05) is 13.8 Å². The molecule has 0 aromatic heterocycles. The molecule has 1 aromatic rings. The van der Waals surface area contributed by atoms with Crippen molar-refractivity contribution in [1.82, 2.24) is 5.32 Å². The largest absolute Gasteiger partial charge is 0.416 e. The Morgan fingerprint density at radius 3 is 2.32 bits per heavy atom. The van der Waals surface area contributed by atoms with Gasteiger partial charge in [-0.1, -0.05) is 13.8 Å². The van der Waals surface area contributed by atoms with Crippen molar-refractivity contribution >= 4 is 0 Å². The van der Waals surface area contributed by atoms with Gasteiger partial charge in [-0.25, -0.2) is 4.39 Å². The molecular formula is C13H17F4NO. The minimum absolute atomic E-state index is 0.0930. The molecule has 19 heavy (non-hydrogen) atoms. The van der Waals surface area contributed by atoms with E-state index in [1.165, 1.54) is 0 Å². The lowest BCUT2D eigenvalue weighted by molar-refractivity contribution is -0.137. The summed E-state index contributed by atoms with van der Waals surface area (Å²) in [7, 11) is 0. The first-order valence-corrected chi connectivity index (χ1v) is 5.96. The molecule has 1 atom stereocenters. The summed E-state index contributed by atoms with van der Waals surface area (Å²) < 4.78 is 51.0. The highest BCUT2D eigenvalue weighted by Crippen LogP contribution is 2.31. The lowest BCUT2D eigenvalue weighted by Gasteiger charge is -2.19. The molecule has 0 bridgehead atoms. The van der Waals surface area contributed by atoms with Gasteiger partial charge in [-0.05, 0) is 36.2 Å². The maximum atomic E-state index is 13.2. The summed E-state index contributed by atoms with van der Waals surface area (Å²) in [4.78, 5) is 0. The van der Waals surface area contributed by atoms with E-state index in [-0.39, 0.29) is 11.5 Å². The Balaban J connectivity index is 3.00. The number of alkyl halides is 3. The molecule has 108 valence electrons. The number of hydrogen-bond acceptors (Lipinski definition) is 2. The zero-order valence-corrected chi connectivity index (χ0v) is 10.8. The highest BCUT2D eigenvalue weighted by atomic mass is 19.4. The third kappa shape index (κ3) is 4.80. The van der Waals surface area contributed by atoms with Crippen molar-refractivity contribution in [3.8, 4) is 0 Å². The Hall–Kier alpha value is -1.14. The molecule has 0 spiro atoms. The third-order valence-corrected chi connectivity index (χ3v) is 2.60. The number of rotatable bonds is 5. The predicted octanol–water partition coefficient (Wildman–Crippen LogP) is 3.12. The molecule has 1 aromatic carbocycles. The minimum Gasteiger partial charge on any atom is -0.394 e. The lowest BCUT2D eigenvalue weighted by Crippen LogP contribution is -2.28. The number of nitrogens with one attached hydrogen (secondary N) is 1. The summed E-state index contributed by atoms with van der Waals surface area (Å²) in [5.74, 6) is -0.695. The van der Waals surface area contributed by atoms with Gasteiger partial charge in [-0.15, -0.1) is 0 Å². The standard InChI is InChI=1S/C13H17F4NO/c1-8(2)6-18-12(7-19)9-3-10(13(15,16)17)5-11(14)4-9/h3-5,8,12,18-19H,6-7H2,1-2H3. The van der Waals surface area contributed by atoms with Gasteiger partial charge >= 0.3 is 6.18 Å². The predicted molar refractivity (Wildman–Crippen MR) is 64.1 cm³/mol. The molecule has 0 fully saturated rings. The van der Waals surface area contributed by atoms with Crippen LogP contribution in [-0.2, 0) is 6.18 Å². The minimum atomic E-state index is -4.60. The summed E-state index contributed by atoms with van der Waals surface area (Å²) >= 11 is 0. The molecule has 2 N–H and O–H groups in total. The maximum Gasteiger partial charge on any atom is 0.416 e. The molecule has 0 aliphatic rings. The molecule has 0 heterocycles. The van der Waals surface area contributed by atoms with Crippen LogP contribution >= 0.6 is 0 Å². The Bertz CT molecular complexity index is 418. The van der Waals surface area contributed by atoms with Crippen LogP contribution in [0.3, 0.4) is 0 Å². The Morgan fingerprint density at radius 1 is 1.21 bits per heavy atom. The molecule has 2 nitrogen and oxygen atoms in total. The summed E-state index contributed by atoms with van der Waals surface area (Å²) in [6.07, 6.45) is -4.60. The van der Waals surface area contributed by atoms with E-state index < -0.39 is 30.2 Å². The second-order valence-electron chi connectivity index (χ2n) is 4.81. The zero-order valence-electron chi connectivity index (χ0n) is 10.8. The van der Waals surface area contributed by atoms with Crippen LogP contribution in [0.4, 0.5) is 17.6 Å². The van der Waals surface area contributed by atoms with Gasteiger partial charge in [0.15, 0.2) is 0 Å². The lowest BCUT2D eigenvalue weighted by atomic mass is 10.0. The maximum absolute atomic E-state index is 13.2. The van der Waals surface area contributed by atoms with E-state index in [4.69, 9.17) is 0 Å². The number of aliphatic hydroxyl groups excluding tert-OH is 1. The molecular weight excluding hydrogens is 262 g/mol. The molecule has 0 radical (unpaired) electrons. The van der Waals surface area contributed by atoms with Crippen molar-refractivity contribution in [2.45, 2.75) is 26.1 Å². The average molecular weight is 279 g/mol. The van der Waals surface area contributed by atoms with E-state index in [1.54, 1.807) is 0 Å². The van der Waals surface area contributed by atoms with Crippen LogP contribution in [0.1, 0.15) is 31.0 Å². The molecule has 1 rings (SSSR count). The zero-order chi connectivity index (χ0) is 14.6. The van der Waals surface area contributed by atoms with E-state index in [0.717, 1.165) is 12.1 Å². The van der Waals surface area contributed by atoms with Gasteiger partial charge in [0.05, 0.1) is 18.2 Å². The van der Waals surface area contributed by atoms with Crippen molar-refractivity contribution in [3.63, 3.8) is 0 Å². The topological polar surface area (TPSA) is 32.3 Å². The van der Waals surface area contributed by atoms with Crippen molar-refractivity contribution in [2.75, 3.05) is 13.2 Å². The van der Waals surface area contributed by atoms with Gasteiger partial charge < -0.3 is 10.4 Å². The van der Waals surface area contributed by atoms with Gasteiger partial charge in [0.2, 0.25) is 0 Å². The highest BCUT2D eigenvalue weighted by molar-refractivity contribution is 5.29. The summed E-state index contributed by atoms with van der Waals surface area (Å²) in [6, 6.07) is 1.60. The van der Waals surface area contributed by atoms with Crippen molar-refractivity contribution in [1.29, 1.82) is 0 Å². The van der Waals surface area contributed by atoms with Crippen molar-refractivity contribution in [2.24, 2.45) is 5.92 Å². The normalized spacial score (nSPS) is 13.9. The Morgan fingerprint density at radius 2 is 1.84 bits per heavy atom. The fourth-order valence-electron chi connectivity index (χ4n) is 1.64. The number of hydrogen-bond donors (Lipinski definition) is 2. The second kappa shape index (κ2) is 6.34. The Labute approximate surface area is 109 Å². The van der Waals surface area contributed by atoms with E-state index >= 15 is 0 Å². The summed E-state index contributed by atoms with van der Waals surface area (Å²) in [6.45, 7) is 3.97. The molecule has 0 saturated carbocycles. The van der Waals surface area contributed by atoms with Gasteiger partial charge in [-0.2, -0.15) is 13.2 Å². The van der Waals surface area contributed by atoms with Crippen LogP contribution < -0.4 is 5.32 Å². The molecule has 0 amide bonds. The molecule has 0 saturated heterocycles. The monoisotopic (exact) mass is 279 g/mol. The van der Waals surface area contributed by atoms with Gasteiger partial charge in [0.1, 0.15) is 5.82 Å². The highest BCUT2D eigenvalue weighted by Gasteiger charge is 2.32. The first-order chi connectivity index (χ1) is 8.74. The van der Waals surface area contributed by atoms with E-state index in [2.05, 4.69) is 5.32 Å². The van der Waals surface area contributed by atoms with Gasteiger partial charge in [0.25, 0.3) is 0 Å². The third-order valence-electron chi connectivity index (χ3n) is 2.60. The fourth-order valence-corrected chi connectivity index (χ4v) is 1.64. The molecule has 0 aliphatic carbocycles. The van der Waals surface area contributed by atoms with Crippen molar-refractivity contribution < 1.29 is 22.7 Å². The fraction of sp³-hybridized carbons (Fsp3) is 0.538. The second-order valence-corrected chi connectivity index (χ2v) is 4.81. The first kappa shape index (κ1) is 15.9. The van der Waals surface area contributed by atoms with Crippen LogP contribution in [0.5, 0.6) is 0 Å².